The molecular formula is C14H17F3N2O3. The molecule has 122 valence electrons. The largest absolute Gasteiger partial charge is 0.481 e. The standard InChI is InChI=1S/C14H17F3N2O3/c1-9(12(20)21)8-19(2)13(22)18-7-10-4-3-5-11(6-10)14(15,16)17/h3-6,9H,7-8H2,1-2H3,(H,18,22)(H,20,21). The van der Waals surface area contributed by atoms with Crippen LogP contribution in [0.15, 0.2) is 24.3 Å². The maximum Gasteiger partial charge on any atom is 0.416 e. The van der Waals surface area contributed by atoms with Crippen LogP contribution in [-0.2, 0) is 17.5 Å². The second-order valence-corrected chi connectivity index (χ2v) is 4.98. The number of carboxylic acid groups (broad SMARTS) is 1. The molecule has 5 nitrogen and oxygen atoms in total. The van der Waals surface area contributed by atoms with Crippen LogP contribution in [0.4, 0.5) is 18.0 Å². The number of hydrogen-bond acceptors (Lipinski definition) is 2. The van der Waals surface area contributed by atoms with Crippen LogP contribution in [-0.4, -0.2) is 35.6 Å². The Morgan fingerprint density at radius 1 is 1.36 bits per heavy atom. The summed E-state index contributed by atoms with van der Waals surface area (Å²) in [5, 5.41) is 11.2. The molecule has 0 saturated carbocycles. The van der Waals surface area contributed by atoms with E-state index in [1.54, 1.807) is 0 Å². The molecule has 1 unspecified atom stereocenters. The Balaban J connectivity index is 2.59. The van der Waals surface area contributed by atoms with E-state index in [-0.39, 0.29) is 13.1 Å². The highest BCUT2D eigenvalue weighted by Gasteiger charge is 2.30. The van der Waals surface area contributed by atoms with Gasteiger partial charge in [0, 0.05) is 20.1 Å². The molecule has 0 heterocycles. The number of carbonyl (C=O) groups is 2. The molecule has 0 saturated heterocycles. The second kappa shape index (κ2) is 7.15. The molecule has 2 amide bonds. The van der Waals surface area contributed by atoms with Crippen molar-refractivity contribution < 1.29 is 27.9 Å². The predicted molar refractivity (Wildman–Crippen MR) is 73.1 cm³/mol. The van der Waals surface area contributed by atoms with Crippen LogP contribution >= 0.6 is 0 Å². The Bertz CT molecular complexity index is 546. The fourth-order valence-corrected chi connectivity index (χ4v) is 1.74. The Kier molecular flexibility index (Phi) is 5.78. The number of rotatable bonds is 5. The summed E-state index contributed by atoms with van der Waals surface area (Å²) in [7, 11) is 1.42. The fourth-order valence-electron chi connectivity index (χ4n) is 1.74. The summed E-state index contributed by atoms with van der Waals surface area (Å²) in [4.78, 5) is 23.6. The minimum atomic E-state index is -4.44. The summed E-state index contributed by atoms with van der Waals surface area (Å²) in [5.74, 6) is -1.76. The number of alkyl halides is 3. The highest BCUT2D eigenvalue weighted by molar-refractivity contribution is 5.75. The van der Waals surface area contributed by atoms with Crippen molar-refractivity contribution >= 4 is 12.0 Å². The van der Waals surface area contributed by atoms with E-state index < -0.39 is 29.7 Å². The molecule has 0 fully saturated rings. The van der Waals surface area contributed by atoms with Gasteiger partial charge in [0.2, 0.25) is 0 Å². The van der Waals surface area contributed by atoms with Crippen LogP contribution in [0.2, 0.25) is 0 Å². The van der Waals surface area contributed by atoms with Crippen molar-refractivity contribution in [1.29, 1.82) is 0 Å². The average Bonchev–Trinajstić information content (AvgIpc) is 2.43. The molecule has 2 N–H and O–H groups in total. The SMILES string of the molecule is CC(CN(C)C(=O)NCc1cccc(C(F)(F)F)c1)C(=O)O. The van der Waals surface area contributed by atoms with E-state index in [4.69, 9.17) is 5.11 Å². The molecule has 1 aromatic carbocycles. The maximum atomic E-state index is 12.6. The number of nitrogens with zero attached hydrogens (tertiary/aromatic N) is 1. The van der Waals surface area contributed by atoms with Gasteiger partial charge in [0.25, 0.3) is 0 Å². The summed E-state index contributed by atoms with van der Waals surface area (Å²) >= 11 is 0. The van der Waals surface area contributed by atoms with Gasteiger partial charge in [-0.25, -0.2) is 4.79 Å². The minimum absolute atomic E-state index is 0.00373. The zero-order chi connectivity index (χ0) is 16.9. The predicted octanol–water partition coefficient (Wildman–Crippen LogP) is 2.57. The lowest BCUT2D eigenvalue weighted by atomic mass is 10.1. The highest BCUT2D eigenvalue weighted by Crippen LogP contribution is 2.29. The Hall–Kier alpha value is -2.25. The molecule has 0 spiro atoms. The number of hydrogen-bond donors (Lipinski definition) is 2. The lowest BCUT2D eigenvalue weighted by molar-refractivity contribution is -0.141. The first-order valence-electron chi connectivity index (χ1n) is 6.49. The smallest absolute Gasteiger partial charge is 0.416 e. The zero-order valence-corrected chi connectivity index (χ0v) is 12.1. The number of carboxylic acids is 1. The summed E-state index contributed by atoms with van der Waals surface area (Å²) in [6.07, 6.45) is -4.44. The van der Waals surface area contributed by atoms with Crippen molar-refractivity contribution in [2.45, 2.75) is 19.6 Å². The minimum Gasteiger partial charge on any atom is -0.481 e. The third kappa shape index (κ3) is 5.27. The molecule has 0 bridgehead atoms. The average molecular weight is 318 g/mol. The Morgan fingerprint density at radius 2 is 2.00 bits per heavy atom. The van der Waals surface area contributed by atoms with Gasteiger partial charge in [-0.2, -0.15) is 13.2 Å². The number of benzene rings is 1. The van der Waals surface area contributed by atoms with Crippen LogP contribution in [0.1, 0.15) is 18.1 Å². The monoisotopic (exact) mass is 318 g/mol. The molecule has 0 aromatic heterocycles. The van der Waals surface area contributed by atoms with Crippen LogP contribution in [0.5, 0.6) is 0 Å². The molecule has 1 rings (SSSR count). The van der Waals surface area contributed by atoms with E-state index in [1.807, 2.05) is 0 Å². The van der Waals surface area contributed by atoms with Crippen LogP contribution < -0.4 is 5.32 Å². The quantitative estimate of drug-likeness (QED) is 0.876. The molecular weight excluding hydrogens is 301 g/mol. The van der Waals surface area contributed by atoms with Gasteiger partial charge in [-0.15, -0.1) is 0 Å². The normalized spacial score (nSPS) is 12.6. The zero-order valence-electron chi connectivity index (χ0n) is 12.1. The van der Waals surface area contributed by atoms with Gasteiger partial charge in [0.15, 0.2) is 0 Å². The Labute approximate surface area is 125 Å². The number of halogens is 3. The van der Waals surface area contributed by atoms with Crippen molar-refractivity contribution in [3.63, 3.8) is 0 Å². The van der Waals surface area contributed by atoms with Gasteiger partial charge >= 0.3 is 18.2 Å². The third-order valence-corrected chi connectivity index (χ3v) is 3.01. The van der Waals surface area contributed by atoms with Gasteiger partial charge in [-0.1, -0.05) is 19.1 Å². The van der Waals surface area contributed by atoms with Crippen molar-refractivity contribution in [2.24, 2.45) is 5.92 Å². The first-order chi connectivity index (χ1) is 10.1. The van der Waals surface area contributed by atoms with E-state index in [0.717, 1.165) is 12.1 Å². The maximum absolute atomic E-state index is 12.6. The first kappa shape index (κ1) is 17.8. The molecule has 0 aliphatic heterocycles. The number of nitrogens with one attached hydrogen (secondary N) is 1. The summed E-state index contributed by atoms with van der Waals surface area (Å²) in [6, 6.07) is 4.09. The number of urea groups is 1. The number of amides is 2. The van der Waals surface area contributed by atoms with Crippen molar-refractivity contribution in [2.75, 3.05) is 13.6 Å². The first-order valence-corrected chi connectivity index (χ1v) is 6.49. The van der Waals surface area contributed by atoms with E-state index in [9.17, 15) is 22.8 Å². The highest BCUT2D eigenvalue weighted by atomic mass is 19.4. The van der Waals surface area contributed by atoms with Gasteiger partial charge in [0.1, 0.15) is 0 Å². The van der Waals surface area contributed by atoms with E-state index >= 15 is 0 Å². The lowest BCUT2D eigenvalue weighted by Gasteiger charge is -2.20. The molecule has 1 aromatic rings. The van der Waals surface area contributed by atoms with E-state index in [2.05, 4.69) is 5.32 Å². The lowest BCUT2D eigenvalue weighted by Crippen LogP contribution is -2.40. The third-order valence-electron chi connectivity index (χ3n) is 3.01. The molecule has 0 aliphatic carbocycles. The van der Waals surface area contributed by atoms with Crippen molar-refractivity contribution in [1.82, 2.24) is 10.2 Å². The van der Waals surface area contributed by atoms with E-state index in [1.165, 1.54) is 31.0 Å². The molecule has 1 atom stereocenters. The number of aliphatic carboxylic acids is 1. The van der Waals surface area contributed by atoms with Gasteiger partial charge in [-0.05, 0) is 17.7 Å². The molecule has 0 radical (unpaired) electrons. The molecule has 8 heteroatoms. The van der Waals surface area contributed by atoms with E-state index in [0.29, 0.717) is 5.56 Å². The summed E-state index contributed by atoms with van der Waals surface area (Å²) < 4.78 is 37.7. The van der Waals surface area contributed by atoms with Gasteiger partial charge < -0.3 is 15.3 Å². The topological polar surface area (TPSA) is 69.6 Å². The van der Waals surface area contributed by atoms with Crippen LogP contribution in [0.3, 0.4) is 0 Å². The summed E-state index contributed by atoms with van der Waals surface area (Å²) in [5.41, 5.74) is -0.477. The van der Waals surface area contributed by atoms with Gasteiger partial charge in [0.05, 0.1) is 11.5 Å². The van der Waals surface area contributed by atoms with Crippen molar-refractivity contribution in [3.8, 4) is 0 Å². The Morgan fingerprint density at radius 3 is 2.55 bits per heavy atom. The molecule has 0 aliphatic rings. The van der Waals surface area contributed by atoms with Crippen LogP contribution in [0, 0.1) is 5.92 Å². The van der Waals surface area contributed by atoms with Crippen molar-refractivity contribution in [3.05, 3.63) is 35.4 Å². The van der Waals surface area contributed by atoms with Gasteiger partial charge in [-0.3, -0.25) is 4.79 Å². The summed E-state index contributed by atoms with van der Waals surface area (Å²) in [6.45, 7) is 1.39. The molecule has 22 heavy (non-hydrogen) atoms. The fraction of sp³-hybridized carbons (Fsp3) is 0.429. The number of carbonyl (C=O) groups excluding carboxylic acids is 1. The van der Waals surface area contributed by atoms with Crippen LogP contribution in [0.25, 0.3) is 0 Å². The second-order valence-electron chi connectivity index (χ2n) is 4.98.